The van der Waals surface area contributed by atoms with Gasteiger partial charge in [0, 0.05) is 27.1 Å². The summed E-state index contributed by atoms with van der Waals surface area (Å²) in [5, 5.41) is 19.6. The second kappa shape index (κ2) is 13.9. The standard InChI is InChI=1S/C62H39N3/c1-4-14-39(15-5-1)51-38-52-48-24-10-11-25-54(48)64(62(52)61(41-18-8-3-9-19-41)60(51)40-16-6-2-7-17-40)65(55-37-33-47-29-27-43-21-13-23-45-31-35-50(55)59(47)57(43)45)63-53-36-32-46-28-26-42-20-12-22-44-30-34-49(53)58(46)56(42)44/h1-38,63H. The Morgan fingerprint density at radius 2 is 0.800 bits per heavy atom. The molecule has 14 aromatic rings. The van der Waals surface area contributed by atoms with Crippen LogP contribution in [0.5, 0.6) is 0 Å². The van der Waals surface area contributed by atoms with Gasteiger partial charge in [-0.25, -0.2) is 4.68 Å². The molecule has 0 unspecified atom stereocenters. The van der Waals surface area contributed by atoms with Gasteiger partial charge in [-0.1, -0.05) is 206 Å². The molecule has 0 aliphatic rings. The van der Waals surface area contributed by atoms with E-state index in [0.717, 1.165) is 33.5 Å². The molecule has 14 rings (SSSR count). The molecule has 0 aliphatic heterocycles. The van der Waals surface area contributed by atoms with E-state index in [-0.39, 0.29) is 0 Å². The molecule has 13 aromatic carbocycles. The predicted molar refractivity (Wildman–Crippen MR) is 278 cm³/mol. The normalized spacial score (nSPS) is 12.0. The molecule has 0 saturated carbocycles. The van der Waals surface area contributed by atoms with Crippen molar-refractivity contribution in [2.45, 2.75) is 0 Å². The first-order chi connectivity index (χ1) is 32.3. The molecule has 0 atom stereocenters. The van der Waals surface area contributed by atoms with E-state index in [1.165, 1.54) is 97.7 Å². The minimum atomic E-state index is 1.03. The van der Waals surface area contributed by atoms with Gasteiger partial charge in [0.05, 0.1) is 22.4 Å². The molecule has 1 heterocycles. The van der Waals surface area contributed by atoms with Crippen molar-refractivity contribution in [3.63, 3.8) is 0 Å². The smallest absolute Gasteiger partial charge is 0.0897 e. The molecule has 0 saturated heterocycles. The Kier molecular flexibility index (Phi) is 7.69. The number of para-hydroxylation sites is 1. The third-order valence-corrected chi connectivity index (χ3v) is 13.8. The van der Waals surface area contributed by atoms with Gasteiger partial charge in [-0.2, -0.15) is 5.12 Å². The van der Waals surface area contributed by atoms with Gasteiger partial charge in [0.2, 0.25) is 0 Å². The maximum absolute atomic E-state index is 4.19. The van der Waals surface area contributed by atoms with Crippen molar-refractivity contribution in [2.75, 3.05) is 10.5 Å². The van der Waals surface area contributed by atoms with Crippen molar-refractivity contribution < 1.29 is 0 Å². The maximum Gasteiger partial charge on any atom is 0.0897 e. The van der Waals surface area contributed by atoms with Crippen LogP contribution in [0.2, 0.25) is 0 Å². The topological polar surface area (TPSA) is 20.2 Å². The Morgan fingerprint density at radius 3 is 1.43 bits per heavy atom. The monoisotopic (exact) mass is 825 g/mol. The van der Waals surface area contributed by atoms with Gasteiger partial charge in [-0.05, 0) is 106 Å². The largest absolute Gasteiger partial charge is 0.278 e. The summed E-state index contributed by atoms with van der Waals surface area (Å²) in [5.74, 6) is 0. The molecule has 0 bridgehead atoms. The average molecular weight is 826 g/mol. The Labute approximate surface area is 375 Å². The number of nitrogens with one attached hydrogen (secondary N) is 1. The number of nitrogens with zero attached hydrogens (tertiary/aromatic N) is 2. The Balaban J connectivity index is 1.16. The van der Waals surface area contributed by atoms with Crippen molar-refractivity contribution in [1.29, 1.82) is 0 Å². The van der Waals surface area contributed by atoms with Gasteiger partial charge >= 0.3 is 0 Å². The van der Waals surface area contributed by atoms with Crippen LogP contribution in [-0.2, 0) is 0 Å². The molecule has 0 spiro atoms. The Bertz CT molecular complexity index is 4100. The zero-order valence-corrected chi connectivity index (χ0v) is 35.3. The lowest BCUT2D eigenvalue weighted by Crippen LogP contribution is -2.35. The highest BCUT2D eigenvalue weighted by molar-refractivity contribution is 6.27. The average Bonchev–Trinajstić information content (AvgIpc) is 3.70. The summed E-state index contributed by atoms with van der Waals surface area (Å²) in [7, 11) is 0. The molecule has 65 heavy (non-hydrogen) atoms. The van der Waals surface area contributed by atoms with Gasteiger partial charge in [-0.15, -0.1) is 0 Å². The first-order valence-electron chi connectivity index (χ1n) is 22.4. The third-order valence-electron chi connectivity index (χ3n) is 13.8. The third kappa shape index (κ3) is 5.30. The van der Waals surface area contributed by atoms with E-state index in [2.05, 4.69) is 246 Å². The van der Waals surface area contributed by atoms with Crippen LogP contribution in [0.15, 0.2) is 231 Å². The molecule has 1 N–H and O–H groups in total. The number of anilines is 2. The summed E-state index contributed by atoms with van der Waals surface area (Å²) in [6, 6.07) is 84.9. The molecular formula is C62H39N3. The van der Waals surface area contributed by atoms with E-state index in [9.17, 15) is 0 Å². The number of hydrogen-bond donors (Lipinski definition) is 1. The van der Waals surface area contributed by atoms with Crippen LogP contribution in [0.1, 0.15) is 0 Å². The molecule has 3 nitrogen and oxygen atoms in total. The van der Waals surface area contributed by atoms with Gasteiger partial charge in [0.1, 0.15) is 0 Å². The lowest BCUT2D eigenvalue weighted by atomic mass is 9.85. The molecule has 0 radical (unpaired) electrons. The summed E-state index contributed by atoms with van der Waals surface area (Å²) < 4.78 is 2.47. The van der Waals surface area contributed by atoms with Crippen LogP contribution in [0.25, 0.3) is 120 Å². The Hall–Kier alpha value is -8.66. The SMILES string of the molecule is c1ccc(-c2cc3c4ccccc4n(N(Nc4ccc5ccc6cccc7ccc4c5c67)c4ccc5ccc6cccc7ccc4c5c67)c3c(-c3ccccc3)c2-c2ccccc2)cc1. The minimum Gasteiger partial charge on any atom is -0.278 e. The second-order valence-electron chi connectivity index (χ2n) is 17.3. The Morgan fingerprint density at radius 1 is 0.323 bits per heavy atom. The van der Waals surface area contributed by atoms with Crippen LogP contribution in [0.4, 0.5) is 11.4 Å². The van der Waals surface area contributed by atoms with Gasteiger partial charge < -0.3 is 0 Å². The van der Waals surface area contributed by atoms with Crippen LogP contribution in [-0.4, -0.2) is 4.68 Å². The molecular weight excluding hydrogens is 787 g/mol. The number of aromatic nitrogens is 1. The fourth-order valence-corrected chi connectivity index (χ4v) is 11.0. The van der Waals surface area contributed by atoms with Crippen molar-refractivity contribution in [1.82, 2.24) is 4.68 Å². The summed E-state index contributed by atoms with van der Waals surface area (Å²) in [5.41, 5.74) is 15.5. The number of rotatable bonds is 7. The highest BCUT2D eigenvalue weighted by Crippen LogP contribution is 2.49. The fraction of sp³-hybridized carbons (Fsp3) is 0. The van der Waals surface area contributed by atoms with Crippen molar-refractivity contribution >= 4 is 97.8 Å². The maximum atomic E-state index is 4.19. The van der Waals surface area contributed by atoms with Crippen LogP contribution >= 0.6 is 0 Å². The molecule has 302 valence electrons. The van der Waals surface area contributed by atoms with Crippen molar-refractivity contribution in [2.24, 2.45) is 0 Å². The lowest BCUT2D eigenvalue weighted by molar-refractivity contribution is 0.830. The highest BCUT2D eigenvalue weighted by atomic mass is 15.8. The minimum absolute atomic E-state index is 1.03. The number of fused-ring (bicyclic) bond motifs is 3. The van der Waals surface area contributed by atoms with E-state index < -0.39 is 0 Å². The zero-order valence-electron chi connectivity index (χ0n) is 35.3. The molecule has 0 amide bonds. The van der Waals surface area contributed by atoms with E-state index in [1.54, 1.807) is 0 Å². The van der Waals surface area contributed by atoms with E-state index in [4.69, 9.17) is 0 Å². The number of benzene rings is 13. The van der Waals surface area contributed by atoms with Crippen LogP contribution in [0.3, 0.4) is 0 Å². The number of hydrazine groups is 1. The molecule has 0 fully saturated rings. The first kappa shape index (κ1) is 35.9. The molecule has 0 aliphatic carbocycles. The highest BCUT2D eigenvalue weighted by Gasteiger charge is 2.28. The predicted octanol–water partition coefficient (Wildman–Crippen LogP) is 16.9. The lowest BCUT2D eigenvalue weighted by Gasteiger charge is -2.32. The van der Waals surface area contributed by atoms with Gasteiger partial charge in [-0.3, -0.25) is 5.43 Å². The van der Waals surface area contributed by atoms with Crippen molar-refractivity contribution in [3.05, 3.63) is 231 Å². The van der Waals surface area contributed by atoms with E-state index in [0.29, 0.717) is 0 Å². The number of hydrogen-bond acceptors (Lipinski definition) is 2. The molecule has 3 heteroatoms. The summed E-state index contributed by atoms with van der Waals surface area (Å²) in [4.78, 5) is 0. The summed E-state index contributed by atoms with van der Waals surface area (Å²) in [6.07, 6.45) is 0. The summed E-state index contributed by atoms with van der Waals surface area (Å²) in [6.45, 7) is 0. The fourth-order valence-electron chi connectivity index (χ4n) is 11.0. The van der Waals surface area contributed by atoms with Crippen LogP contribution < -0.4 is 10.5 Å². The second-order valence-corrected chi connectivity index (χ2v) is 17.3. The van der Waals surface area contributed by atoms with Crippen LogP contribution in [0, 0.1) is 0 Å². The zero-order chi connectivity index (χ0) is 42.6. The first-order valence-corrected chi connectivity index (χ1v) is 22.4. The van der Waals surface area contributed by atoms with Gasteiger partial charge in [0.15, 0.2) is 0 Å². The van der Waals surface area contributed by atoms with E-state index in [1.807, 2.05) is 0 Å². The molecule has 1 aromatic heterocycles. The quantitative estimate of drug-likeness (QED) is 0.128. The van der Waals surface area contributed by atoms with E-state index >= 15 is 0 Å². The summed E-state index contributed by atoms with van der Waals surface area (Å²) >= 11 is 0. The van der Waals surface area contributed by atoms with Crippen molar-refractivity contribution in [3.8, 4) is 33.4 Å². The van der Waals surface area contributed by atoms with Gasteiger partial charge in [0.25, 0.3) is 0 Å².